The second kappa shape index (κ2) is 6.33. The lowest BCUT2D eigenvalue weighted by Gasteiger charge is -2.18. The van der Waals surface area contributed by atoms with Gasteiger partial charge in [0.15, 0.2) is 0 Å². The topological polar surface area (TPSA) is 67.4 Å². The van der Waals surface area contributed by atoms with Crippen molar-refractivity contribution in [3.8, 4) is 0 Å². The molecule has 2 atom stereocenters. The van der Waals surface area contributed by atoms with Crippen LogP contribution in [-0.2, 0) is 16.1 Å². The van der Waals surface area contributed by atoms with Crippen LogP contribution in [0.25, 0.3) is 0 Å². The Morgan fingerprint density at radius 3 is 2.92 bits per heavy atom. The van der Waals surface area contributed by atoms with Gasteiger partial charge in [-0.1, -0.05) is 31.2 Å². The monoisotopic (exact) mass is 336 g/mol. The Labute approximate surface area is 146 Å². The molecule has 2 aromatic carbocycles. The quantitative estimate of drug-likeness (QED) is 0.901. The summed E-state index contributed by atoms with van der Waals surface area (Å²) >= 11 is 0. The van der Waals surface area contributed by atoms with Gasteiger partial charge < -0.3 is 15.4 Å². The van der Waals surface area contributed by atoms with Crippen LogP contribution in [0.2, 0.25) is 0 Å². The molecule has 25 heavy (non-hydrogen) atoms. The maximum absolute atomic E-state index is 12.5. The Bertz CT molecular complexity index is 847. The van der Waals surface area contributed by atoms with Crippen LogP contribution in [0, 0.1) is 0 Å². The summed E-state index contributed by atoms with van der Waals surface area (Å²) in [4.78, 5) is 24.6. The lowest BCUT2D eigenvalue weighted by Crippen LogP contribution is -2.24. The van der Waals surface area contributed by atoms with Gasteiger partial charge in [-0.2, -0.15) is 0 Å². The Morgan fingerprint density at radius 1 is 1.24 bits per heavy atom. The van der Waals surface area contributed by atoms with Crippen LogP contribution in [0.15, 0.2) is 42.5 Å². The van der Waals surface area contributed by atoms with Gasteiger partial charge in [0.1, 0.15) is 0 Å². The molecule has 0 bridgehead atoms. The number of nitrogens with one attached hydrogen (secondary N) is 2. The molecule has 5 heteroatoms. The number of hydrogen-bond donors (Lipinski definition) is 2. The van der Waals surface area contributed by atoms with Gasteiger partial charge in [-0.3, -0.25) is 9.59 Å². The van der Waals surface area contributed by atoms with E-state index in [1.807, 2.05) is 49.4 Å². The highest BCUT2D eigenvalue weighted by atomic mass is 16.5. The largest absolute Gasteiger partial charge is 0.368 e. The second-order valence-electron chi connectivity index (χ2n) is 6.46. The third-order valence-electron chi connectivity index (χ3n) is 4.80. The van der Waals surface area contributed by atoms with Crippen molar-refractivity contribution in [3.63, 3.8) is 0 Å². The number of amides is 2. The number of anilines is 1. The van der Waals surface area contributed by atoms with E-state index in [-0.39, 0.29) is 23.8 Å². The fourth-order valence-electron chi connectivity index (χ4n) is 3.57. The summed E-state index contributed by atoms with van der Waals surface area (Å²) in [5, 5.41) is 5.81. The summed E-state index contributed by atoms with van der Waals surface area (Å²) in [7, 11) is 0. The fourth-order valence-corrected chi connectivity index (χ4v) is 3.57. The van der Waals surface area contributed by atoms with E-state index < -0.39 is 0 Å². The van der Waals surface area contributed by atoms with Crippen molar-refractivity contribution in [2.24, 2.45) is 0 Å². The van der Waals surface area contributed by atoms with Crippen molar-refractivity contribution < 1.29 is 14.3 Å². The van der Waals surface area contributed by atoms with Crippen LogP contribution in [0.5, 0.6) is 0 Å². The van der Waals surface area contributed by atoms with E-state index in [1.54, 1.807) is 0 Å². The van der Waals surface area contributed by atoms with Crippen LogP contribution in [0.1, 0.15) is 52.4 Å². The summed E-state index contributed by atoms with van der Waals surface area (Å²) in [6.45, 7) is 3.10. The minimum Gasteiger partial charge on any atom is -0.368 e. The molecule has 0 saturated heterocycles. The molecule has 0 aromatic heterocycles. The Kier molecular flexibility index (Phi) is 4.01. The lowest BCUT2D eigenvalue weighted by molar-refractivity contribution is -0.120. The molecular formula is C20H20N2O3. The fraction of sp³-hybridized carbons (Fsp3) is 0.300. The zero-order valence-corrected chi connectivity index (χ0v) is 14.0. The normalized spacial score (nSPS) is 20.8. The minimum atomic E-state index is -0.350. The second-order valence-corrected chi connectivity index (χ2v) is 6.46. The van der Waals surface area contributed by atoms with Crippen LogP contribution < -0.4 is 10.6 Å². The maximum atomic E-state index is 12.5. The molecule has 0 radical (unpaired) electrons. The first kappa shape index (κ1) is 15.8. The highest BCUT2D eigenvalue weighted by Gasteiger charge is 2.41. The van der Waals surface area contributed by atoms with Gasteiger partial charge in [0.2, 0.25) is 5.91 Å². The average molecular weight is 336 g/mol. The van der Waals surface area contributed by atoms with E-state index in [9.17, 15) is 9.59 Å². The van der Waals surface area contributed by atoms with E-state index in [0.29, 0.717) is 18.7 Å². The number of ether oxygens (including phenoxy) is 1. The van der Waals surface area contributed by atoms with E-state index in [2.05, 4.69) is 10.6 Å². The number of rotatable bonds is 4. The molecule has 4 rings (SSSR count). The number of para-hydroxylation sites is 1. The van der Waals surface area contributed by atoms with Crippen molar-refractivity contribution in [3.05, 3.63) is 64.7 Å². The van der Waals surface area contributed by atoms with Gasteiger partial charge in [0.25, 0.3) is 5.91 Å². The molecule has 0 aliphatic carbocycles. The SMILES string of the molecule is CCCNC(=O)c1ccc2c(c1)COC2C1C(=O)Nc2ccccc21. The van der Waals surface area contributed by atoms with E-state index in [4.69, 9.17) is 4.74 Å². The van der Waals surface area contributed by atoms with Crippen LogP contribution >= 0.6 is 0 Å². The lowest BCUT2D eigenvalue weighted by atomic mass is 9.89. The Balaban J connectivity index is 1.63. The Hall–Kier alpha value is -2.66. The van der Waals surface area contributed by atoms with Crippen molar-refractivity contribution in [2.75, 3.05) is 11.9 Å². The summed E-state index contributed by atoms with van der Waals surface area (Å²) in [5.74, 6) is -0.460. The highest BCUT2D eigenvalue weighted by molar-refractivity contribution is 6.03. The molecule has 2 heterocycles. The van der Waals surface area contributed by atoms with E-state index in [0.717, 1.165) is 28.8 Å². The molecule has 2 amide bonds. The maximum Gasteiger partial charge on any atom is 0.251 e. The standard InChI is InChI=1S/C20H20N2O3/c1-2-9-21-19(23)12-7-8-14-13(10-12)11-25-18(14)17-15-5-3-4-6-16(15)22-20(17)24/h3-8,10,17-18H,2,9,11H2,1H3,(H,21,23)(H,22,24). The van der Waals surface area contributed by atoms with Crippen LogP contribution in [0.3, 0.4) is 0 Å². The number of benzene rings is 2. The van der Waals surface area contributed by atoms with Crippen LogP contribution in [-0.4, -0.2) is 18.4 Å². The van der Waals surface area contributed by atoms with Gasteiger partial charge >= 0.3 is 0 Å². The number of hydrogen-bond acceptors (Lipinski definition) is 3. The molecule has 2 unspecified atom stereocenters. The predicted molar refractivity (Wildman–Crippen MR) is 94.4 cm³/mol. The highest BCUT2D eigenvalue weighted by Crippen LogP contribution is 2.46. The summed E-state index contributed by atoms with van der Waals surface area (Å²) in [5.41, 5.74) is 4.42. The molecule has 0 fully saturated rings. The number of carbonyl (C=O) groups excluding carboxylic acids is 2. The van der Waals surface area contributed by atoms with Gasteiger partial charge in [0, 0.05) is 17.8 Å². The molecule has 5 nitrogen and oxygen atoms in total. The first-order valence-electron chi connectivity index (χ1n) is 8.61. The molecule has 2 N–H and O–H groups in total. The number of fused-ring (bicyclic) bond motifs is 2. The molecule has 2 aromatic rings. The molecule has 2 aliphatic heterocycles. The molecule has 0 spiro atoms. The minimum absolute atomic E-state index is 0.0381. The first-order valence-corrected chi connectivity index (χ1v) is 8.61. The molecule has 0 saturated carbocycles. The zero-order valence-electron chi connectivity index (χ0n) is 14.0. The number of carbonyl (C=O) groups is 2. The van der Waals surface area contributed by atoms with Crippen molar-refractivity contribution in [2.45, 2.75) is 32.0 Å². The third-order valence-corrected chi connectivity index (χ3v) is 4.80. The van der Waals surface area contributed by atoms with Crippen molar-refractivity contribution in [1.29, 1.82) is 0 Å². The third kappa shape index (κ3) is 2.70. The smallest absolute Gasteiger partial charge is 0.251 e. The van der Waals surface area contributed by atoms with E-state index in [1.165, 1.54) is 0 Å². The van der Waals surface area contributed by atoms with Gasteiger partial charge in [-0.15, -0.1) is 0 Å². The van der Waals surface area contributed by atoms with Gasteiger partial charge in [-0.05, 0) is 41.3 Å². The zero-order chi connectivity index (χ0) is 17.4. The molecular weight excluding hydrogens is 316 g/mol. The Morgan fingerprint density at radius 2 is 2.08 bits per heavy atom. The van der Waals surface area contributed by atoms with Gasteiger partial charge in [-0.25, -0.2) is 0 Å². The van der Waals surface area contributed by atoms with Crippen molar-refractivity contribution in [1.82, 2.24) is 5.32 Å². The molecule has 128 valence electrons. The van der Waals surface area contributed by atoms with Crippen molar-refractivity contribution >= 4 is 17.5 Å². The molecule has 2 aliphatic rings. The van der Waals surface area contributed by atoms with Gasteiger partial charge in [0.05, 0.1) is 18.6 Å². The predicted octanol–water partition coefficient (Wildman–Crippen LogP) is 3.13. The summed E-state index contributed by atoms with van der Waals surface area (Å²) in [6, 6.07) is 13.3. The van der Waals surface area contributed by atoms with Crippen LogP contribution in [0.4, 0.5) is 5.69 Å². The van der Waals surface area contributed by atoms with E-state index >= 15 is 0 Å². The first-order chi connectivity index (χ1) is 12.2. The summed E-state index contributed by atoms with van der Waals surface area (Å²) in [6.07, 6.45) is 0.587. The average Bonchev–Trinajstić information content (AvgIpc) is 3.18. The summed E-state index contributed by atoms with van der Waals surface area (Å²) < 4.78 is 5.96.